The third-order valence-corrected chi connectivity index (χ3v) is 1510. The van der Waals surface area contributed by atoms with E-state index >= 15 is 0 Å². The molecule has 123 heavy (non-hydrogen) atoms. The molecule has 0 bridgehead atoms. The molecule has 0 saturated carbocycles. The average molecular weight is 5070 g/mol. The Morgan fingerprint density at radius 3 is 1.18 bits per heavy atom. The van der Waals surface area contributed by atoms with Crippen LogP contribution in [0.4, 0.5) is 11.4 Å². The van der Waals surface area contributed by atoms with E-state index in [2.05, 4.69) is 336 Å². The van der Waals surface area contributed by atoms with E-state index in [-0.39, 0.29) is 185 Å². The number of ether oxygens (including phenoxy) is 3. The molecule has 17 rings (SSSR count). The molecule has 6 aliphatic heterocycles. The van der Waals surface area contributed by atoms with E-state index in [1.165, 1.54) is 43.8 Å². The number of halogens is 30. The van der Waals surface area contributed by atoms with E-state index in [0.717, 1.165) is 113 Å². The predicted molar refractivity (Wildman–Crippen MR) is 738 cm³/mol. The Hall–Kier alpha value is 12.5. The van der Waals surface area contributed by atoms with E-state index in [0.29, 0.717) is 91.9 Å². The Morgan fingerprint density at radius 1 is 0.415 bits per heavy atom. The van der Waals surface area contributed by atoms with Crippen LogP contribution in [0.2, 0.25) is 0 Å². The van der Waals surface area contributed by atoms with Gasteiger partial charge in [0, 0.05) is 74.9 Å². The van der Waals surface area contributed by atoms with Gasteiger partial charge >= 0.3 is 448 Å². The van der Waals surface area contributed by atoms with Crippen molar-refractivity contribution < 1.29 is 80.0 Å². The Kier molecular flexibility index (Phi) is 50.6. The minimum absolute atomic E-state index is 0. The number of aromatic nitrogens is 5. The molecular formula is C72H73I30N7O14-2. The number of pyridine rings is 5. The molecule has 0 saturated heterocycles. The van der Waals surface area contributed by atoms with E-state index < -0.39 is 34.7 Å². The van der Waals surface area contributed by atoms with Crippen molar-refractivity contribution in [2.24, 2.45) is 0 Å². The molecule has 0 amide bonds. The van der Waals surface area contributed by atoms with Crippen LogP contribution in [0.25, 0.3) is 44.6 Å². The van der Waals surface area contributed by atoms with Crippen molar-refractivity contribution >= 4 is 466 Å². The molecule has 0 radical (unpaired) electrons. The number of hydrogen-bond donors (Lipinski definition) is 5. The van der Waals surface area contributed by atoms with Gasteiger partial charge in [-0.3, -0.25) is 24.0 Å². The van der Waals surface area contributed by atoms with Gasteiger partial charge in [-0.2, -0.15) is 0 Å². The van der Waals surface area contributed by atoms with E-state index in [9.17, 15) is 53.7 Å². The average Bonchev–Trinajstić information content (AvgIpc) is 1.58. The van der Waals surface area contributed by atoms with Gasteiger partial charge in [-0.25, -0.2) is 24.4 Å². The Labute approximate surface area is 938 Å². The Bertz CT molecular complexity index is 5440. The molecule has 0 spiro atoms. The van der Waals surface area contributed by atoms with E-state index in [4.69, 9.17) is 35.6 Å². The number of anilines is 2. The van der Waals surface area contributed by atoms with Crippen molar-refractivity contribution in [3.8, 4) is 22.8 Å². The zero-order valence-corrected chi connectivity index (χ0v) is 128. The number of hydrogen-bond acceptors (Lipinski definition) is 18. The first-order chi connectivity index (χ1) is 57.6. The van der Waals surface area contributed by atoms with E-state index in [1.54, 1.807) is 42.0 Å². The van der Waals surface area contributed by atoms with Crippen molar-refractivity contribution in [2.75, 3.05) is 11.5 Å². The molecule has 0 unspecified atom stereocenters. The van der Waals surface area contributed by atoms with Crippen molar-refractivity contribution in [1.29, 1.82) is 0 Å². The zero-order valence-electron chi connectivity index (χ0n) is 63.2. The molecule has 11 heterocycles. The number of aliphatic hydroxyl groups is 3. The summed E-state index contributed by atoms with van der Waals surface area (Å²) in [5.74, 6) is -2.10. The number of carbonyl (C=O) groups is 5. The van der Waals surface area contributed by atoms with Gasteiger partial charge < -0.3 is 54.7 Å². The van der Waals surface area contributed by atoms with Crippen LogP contribution in [0.1, 0.15) is 184 Å². The maximum absolute atomic E-state index is 13.3. The van der Waals surface area contributed by atoms with Gasteiger partial charge in [-0.15, -0.1) is 0 Å². The summed E-state index contributed by atoms with van der Waals surface area (Å²) in [5, 5.41) is 34.8. The first kappa shape index (κ1) is 117. The number of rotatable bonds is 13. The van der Waals surface area contributed by atoms with Gasteiger partial charge in [0.2, 0.25) is 0 Å². The quantitative estimate of drug-likeness (QED) is 0.0310. The molecule has 8 aromatic rings. The molecule has 0 fully saturated rings. The van der Waals surface area contributed by atoms with Gasteiger partial charge in [0.15, 0.2) is 28.4 Å². The van der Waals surface area contributed by atoms with Gasteiger partial charge in [-0.05, 0) is 166 Å². The van der Waals surface area contributed by atoms with Gasteiger partial charge in [0.05, 0.1) is 69.3 Å². The van der Waals surface area contributed by atoms with Crippen LogP contribution in [0.5, 0.6) is 0 Å². The third kappa shape index (κ3) is 26.5. The summed E-state index contributed by atoms with van der Waals surface area (Å²) in [5.41, 5.74) is 25.7. The van der Waals surface area contributed by atoms with E-state index in [1.807, 2.05) is 31.2 Å². The molecule has 3 atom stereocenters. The first-order valence-corrected chi connectivity index (χ1v) is 205. The van der Waals surface area contributed by atoms with Crippen molar-refractivity contribution in [3.63, 3.8) is 0 Å². The number of nitrogen functional groups attached to an aromatic ring is 2. The fraction of sp³-hybridized carbons (Fsp3) is 0.389. The number of ketones is 2. The summed E-state index contributed by atoms with van der Waals surface area (Å²) < 4.78 is 20.0. The van der Waals surface area contributed by atoms with Crippen LogP contribution >= 0.6 is 403 Å². The summed E-state index contributed by atoms with van der Waals surface area (Å²) in [6, 6.07) is 16.8. The molecule has 9 aliphatic rings. The minimum atomic E-state index is -1.83. The summed E-state index contributed by atoms with van der Waals surface area (Å²) in [6.45, 7) is 10.1. The standard InChI is InChI=1S/C24H22N2O4.C23H21N3O4.C13H13NO5.C11H13NO.CH4.I11.I10.I9/c1-3-24(29)17-9-19-21-15(10-26(19)22(27)16(17)11-30-23(24)28)14-6-4-5-13-12(2)7-8-18(25-21)20(13)14;1-2-23(29)15-8-18-20-13(9-26(18)21(27)14(15)10-30-22(23)28)11-4-3-5-12-16(24)6-7-17(25-20)19(11)12;1-2-13(18)8-5-9-10(15)3-4-14(9)11(16)7(8)6-19-12(13)17;1-7-5-6-9(12)11-8(7)3-2-4-10(11)13;;1-7-9(4)11(6)10(5)8(2)3;1-7(2)9(5)10(6)8(3)4;1-6-8(4)9(5)7(2)3/h7-9,29H,3-6,10-11H2,1-2H3;6-8,29H,2-5,9-10,24H2,1H3;5,18H,2-4,6H2,1H3;5-6H,2-4,12H2,1H3;1H4;;;/q;;;;;-1;;-1/t24-;23-;13-;;;;;/m000...../s1. The fourth-order valence-electron chi connectivity index (χ4n) is 15.7. The summed E-state index contributed by atoms with van der Waals surface area (Å²) in [4.78, 5) is 108. The summed E-state index contributed by atoms with van der Waals surface area (Å²) in [7, 11) is -3.26. The molecule has 3 aromatic carbocycles. The van der Waals surface area contributed by atoms with Crippen molar-refractivity contribution in [2.45, 2.75) is 182 Å². The Morgan fingerprint density at radius 2 is 0.764 bits per heavy atom. The third-order valence-electron chi connectivity index (χ3n) is 21.4. The maximum atomic E-state index is 13.3. The fourth-order valence-corrected chi connectivity index (χ4v) is 2530. The topological polar surface area (TPSA) is 318 Å². The van der Waals surface area contributed by atoms with Crippen LogP contribution in [0.3, 0.4) is 0 Å². The van der Waals surface area contributed by atoms with Crippen molar-refractivity contribution in [3.05, 3.63) is 180 Å². The number of carbonyl (C=O) groups excluding carboxylic acids is 5. The second-order valence-electron chi connectivity index (χ2n) is 27.4. The number of aryl methyl sites for hydroxylation is 6. The van der Waals surface area contributed by atoms with Gasteiger partial charge in [-0.1, -0.05) is 40.3 Å². The monoisotopic (exact) mass is 5070 g/mol. The predicted octanol–water partition coefficient (Wildman–Crippen LogP) is 26.7. The van der Waals surface area contributed by atoms with Crippen LogP contribution < -0.4 is 54.7 Å². The molecule has 21 nitrogen and oxygen atoms in total. The van der Waals surface area contributed by atoms with Gasteiger partial charge in [0.25, 0.3) is 16.7 Å². The van der Waals surface area contributed by atoms with Gasteiger partial charge in [0.1, 0.15) is 19.8 Å². The van der Waals surface area contributed by atoms with Crippen LogP contribution in [-0.4, -0.2) is 68.5 Å². The number of nitrogens with zero attached hydrogens (tertiary/aromatic N) is 5. The number of benzene rings is 3. The number of esters is 3. The SMILES string of the molecule is C.CC[C@@]1(O)C(=O)OCc2c1cc1n(c2=O)CCC1=O.CC[C@@]1(O)C(=O)OCc2c1cc1n(c2=O)Cc2c-1nc1ccc(C)c3c1c2CCC3.CC[C@@]1(O)C(=O)OCc2c1cc1n(c2=O)Cc2c-1nc1ccc(N)c3c1c2CCC3.Cc1ccc(N)c2c1CCCC2=O.II(I)I(I)I(I)I(I)I.I[I-]I(I)I(I)I(I)I.I[I-]I(I)I(I)I(I)I(I)I. The van der Waals surface area contributed by atoms with Crippen LogP contribution in [0.15, 0.2) is 69.0 Å². The molecule has 3 aliphatic carbocycles. The van der Waals surface area contributed by atoms with Crippen LogP contribution in [0, 0.1) is 13.8 Å². The van der Waals surface area contributed by atoms with Crippen molar-refractivity contribution in [1.82, 2.24) is 23.7 Å². The molecule has 51 heteroatoms. The Balaban J connectivity index is 0.000000159. The molecule has 692 valence electrons. The molecule has 5 aromatic heterocycles. The van der Waals surface area contributed by atoms with Crippen LogP contribution in [-0.2, 0) is 117 Å². The number of fused-ring (bicyclic) bond motifs is 13. The summed E-state index contributed by atoms with van der Waals surface area (Å²) >= 11 is 49.2. The number of nitrogens with two attached hydrogens (primary N) is 2. The number of cyclic esters (lactones) is 3. The zero-order chi connectivity index (χ0) is 89.5. The normalized spacial score (nSPS) is 19.7. The molecule has 7 N–H and O–H groups in total. The summed E-state index contributed by atoms with van der Waals surface area (Å²) in [6.07, 6.45) is 9.24. The molecular weight excluding hydrogens is 4990 g/mol. The first-order valence-electron chi connectivity index (χ1n) is 35.5. The second kappa shape index (κ2) is 53.1. The number of Topliss-reactive ketones (excluding diaryl/α,β-unsaturated/α-hetero) is 2. The second-order valence-corrected chi connectivity index (χ2v) is 596.